The first-order chi connectivity index (χ1) is 20.1. The Bertz CT molecular complexity index is 1650. The maximum absolute atomic E-state index is 9.76. The highest BCUT2D eigenvalue weighted by molar-refractivity contribution is 6.34. The molecule has 0 radical (unpaired) electrons. The molecule has 11 nitrogen and oxygen atoms in total. The van der Waals surface area contributed by atoms with Crippen LogP contribution in [-0.2, 0) is 17.8 Å². The molecule has 2 aromatic carbocycles. The summed E-state index contributed by atoms with van der Waals surface area (Å²) in [6.45, 7) is 4.11. The second-order valence-corrected chi connectivity index (χ2v) is 10.5. The van der Waals surface area contributed by atoms with Gasteiger partial charge < -0.3 is 19.7 Å². The molecule has 3 heterocycles. The van der Waals surface area contributed by atoms with Crippen LogP contribution >= 0.6 is 11.6 Å². The van der Waals surface area contributed by atoms with Crippen LogP contribution in [0.5, 0.6) is 5.75 Å². The van der Waals surface area contributed by atoms with Crippen LogP contribution in [0.3, 0.4) is 0 Å². The fraction of sp³-hybridized carbons (Fsp3) is 0.345. The predicted molar refractivity (Wildman–Crippen MR) is 153 cm³/mol. The molecule has 2 fully saturated rings. The van der Waals surface area contributed by atoms with E-state index in [9.17, 15) is 10.5 Å². The minimum absolute atomic E-state index is 0.247. The second-order valence-electron chi connectivity index (χ2n) is 10.1. The van der Waals surface area contributed by atoms with Crippen molar-refractivity contribution in [3.05, 3.63) is 70.0 Å². The molecule has 0 bridgehead atoms. The van der Waals surface area contributed by atoms with Crippen molar-refractivity contribution in [1.82, 2.24) is 24.5 Å². The van der Waals surface area contributed by atoms with Gasteiger partial charge in [0.1, 0.15) is 11.8 Å². The number of anilines is 3. The molecule has 41 heavy (non-hydrogen) atoms. The lowest BCUT2D eigenvalue weighted by Gasteiger charge is -2.27. The van der Waals surface area contributed by atoms with Gasteiger partial charge in [0.2, 0.25) is 5.95 Å². The van der Waals surface area contributed by atoms with Gasteiger partial charge >= 0.3 is 0 Å². The molecule has 0 amide bonds. The van der Waals surface area contributed by atoms with E-state index in [1.807, 2.05) is 30.3 Å². The number of aromatic nitrogens is 4. The van der Waals surface area contributed by atoms with Gasteiger partial charge in [-0.2, -0.15) is 20.0 Å². The minimum atomic E-state index is 0.247. The first-order valence-corrected chi connectivity index (χ1v) is 13.8. The van der Waals surface area contributed by atoms with Gasteiger partial charge in [0.15, 0.2) is 17.2 Å². The number of nitriles is 2. The Kier molecular flexibility index (Phi) is 7.57. The van der Waals surface area contributed by atoms with Crippen LogP contribution in [-0.4, -0.2) is 63.9 Å². The lowest BCUT2D eigenvalue weighted by Crippen LogP contribution is -2.35. The fourth-order valence-corrected chi connectivity index (χ4v) is 5.17. The molecule has 12 heteroatoms. The highest BCUT2D eigenvalue weighted by Crippen LogP contribution is 2.36. The van der Waals surface area contributed by atoms with E-state index in [4.69, 9.17) is 26.1 Å². The van der Waals surface area contributed by atoms with Crippen LogP contribution in [0.15, 0.2) is 42.6 Å². The molecule has 0 spiro atoms. The van der Waals surface area contributed by atoms with Crippen molar-refractivity contribution in [2.45, 2.75) is 32.0 Å². The van der Waals surface area contributed by atoms with Gasteiger partial charge in [-0.25, -0.2) is 4.98 Å². The van der Waals surface area contributed by atoms with Gasteiger partial charge in [0.05, 0.1) is 48.9 Å². The molecule has 1 saturated heterocycles. The smallest absolute Gasteiger partial charge is 0.247 e. The van der Waals surface area contributed by atoms with E-state index in [0.717, 1.165) is 42.8 Å². The van der Waals surface area contributed by atoms with Crippen LogP contribution in [0.25, 0.3) is 5.65 Å². The number of nitrogens with one attached hydrogen (secondary N) is 1. The number of imidazole rings is 1. The third-order valence-corrected chi connectivity index (χ3v) is 7.70. The summed E-state index contributed by atoms with van der Waals surface area (Å²) in [6, 6.07) is 16.1. The number of hydrogen-bond donors (Lipinski definition) is 1. The Morgan fingerprint density at radius 3 is 2.61 bits per heavy atom. The lowest BCUT2D eigenvalue weighted by atomic mass is 10.1. The largest absolute Gasteiger partial charge is 0.497 e. The SMILES string of the molecule is COc1ccc(CN(c2nc(Nc3cc(C#N)cc(CN4CCOCC4)c3Cl)nn3c(C#N)cnc23)C2CC2)cc1. The first-order valence-electron chi connectivity index (χ1n) is 13.4. The Labute approximate surface area is 242 Å². The van der Waals surface area contributed by atoms with E-state index in [-0.39, 0.29) is 17.7 Å². The van der Waals surface area contributed by atoms with Gasteiger partial charge in [-0.15, -0.1) is 5.10 Å². The van der Waals surface area contributed by atoms with Gasteiger partial charge in [-0.1, -0.05) is 23.7 Å². The van der Waals surface area contributed by atoms with Crippen molar-refractivity contribution in [3.63, 3.8) is 0 Å². The van der Waals surface area contributed by atoms with Crippen molar-refractivity contribution in [1.29, 1.82) is 10.5 Å². The molecule has 6 rings (SSSR count). The van der Waals surface area contributed by atoms with Crippen LogP contribution in [0.1, 0.15) is 35.2 Å². The van der Waals surface area contributed by atoms with Gasteiger partial charge in [-0.05, 0) is 48.2 Å². The van der Waals surface area contributed by atoms with Gasteiger partial charge in [-0.3, -0.25) is 4.90 Å². The van der Waals surface area contributed by atoms with Crippen molar-refractivity contribution < 1.29 is 9.47 Å². The molecule has 1 saturated carbocycles. The molecule has 1 N–H and O–H groups in total. The number of morpholine rings is 1. The summed E-state index contributed by atoms with van der Waals surface area (Å²) in [4.78, 5) is 13.8. The number of methoxy groups -OCH3 is 1. The topological polar surface area (TPSA) is 128 Å². The second kappa shape index (κ2) is 11.6. The highest BCUT2D eigenvalue weighted by Gasteiger charge is 2.33. The molecule has 4 aromatic rings. The number of benzene rings is 2. The van der Waals surface area contributed by atoms with Crippen LogP contribution < -0.4 is 15.0 Å². The van der Waals surface area contributed by atoms with Crippen molar-refractivity contribution >= 4 is 34.7 Å². The Balaban J connectivity index is 1.38. The zero-order valence-corrected chi connectivity index (χ0v) is 23.3. The Morgan fingerprint density at radius 2 is 1.93 bits per heavy atom. The Hall–Kier alpha value is -4.42. The van der Waals surface area contributed by atoms with Crippen LogP contribution in [0, 0.1) is 22.7 Å². The normalized spacial score (nSPS) is 15.3. The Morgan fingerprint density at radius 1 is 1.15 bits per heavy atom. The summed E-state index contributed by atoms with van der Waals surface area (Å²) in [6.07, 6.45) is 3.56. The first kappa shape index (κ1) is 26.8. The van der Waals surface area contributed by atoms with E-state index in [2.05, 4.69) is 37.3 Å². The van der Waals surface area contributed by atoms with Crippen LogP contribution in [0.4, 0.5) is 17.5 Å². The zero-order valence-electron chi connectivity index (χ0n) is 22.5. The fourth-order valence-electron chi connectivity index (χ4n) is 4.96. The van der Waals surface area contributed by atoms with Crippen molar-refractivity contribution in [3.8, 4) is 17.9 Å². The molecular formula is C29H28ClN9O2. The molecule has 208 valence electrons. The summed E-state index contributed by atoms with van der Waals surface area (Å²) in [5.74, 6) is 1.65. The van der Waals surface area contributed by atoms with E-state index in [0.29, 0.717) is 54.0 Å². The number of hydrogen-bond acceptors (Lipinski definition) is 10. The molecule has 1 aliphatic carbocycles. The third kappa shape index (κ3) is 5.74. The molecule has 2 aromatic heterocycles. The van der Waals surface area contributed by atoms with Crippen molar-refractivity contribution in [2.75, 3.05) is 43.6 Å². The molecule has 0 atom stereocenters. The lowest BCUT2D eigenvalue weighted by molar-refractivity contribution is 0.0342. The van der Waals surface area contributed by atoms with E-state index in [1.165, 1.54) is 10.7 Å². The summed E-state index contributed by atoms with van der Waals surface area (Å²) in [7, 11) is 1.65. The number of halogens is 1. The summed E-state index contributed by atoms with van der Waals surface area (Å²) < 4.78 is 12.3. The monoisotopic (exact) mass is 569 g/mol. The summed E-state index contributed by atoms with van der Waals surface area (Å²) >= 11 is 6.88. The quantitative estimate of drug-likeness (QED) is 0.312. The molecule has 0 unspecified atom stereocenters. The van der Waals surface area contributed by atoms with E-state index < -0.39 is 0 Å². The molecular weight excluding hydrogens is 542 g/mol. The highest BCUT2D eigenvalue weighted by atomic mass is 35.5. The number of fused-ring (bicyclic) bond motifs is 1. The minimum Gasteiger partial charge on any atom is -0.497 e. The molecule has 1 aliphatic heterocycles. The predicted octanol–water partition coefficient (Wildman–Crippen LogP) is 4.27. The van der Waals surface area contributed by atoms with E-state index >= 15 is 0 Å². The number of nitrogens with zero attached hydrogens (tertiary/aromatic N) is 8. The zero-order chi connectivity index (χ0) is 28.3. The van der Waals surface area contributed by atoms with Crippen LogP contribution in [0.2, 0.25) is 5.02 Å². The van der Waals surface area contributed by atoms with Gasteiger partial charge in [0, 0.05) is 32.2 Å². The average Bonchev–Trinajstić information content (AvgIpc) is 3.77. The molecule has 2 aliphatic rings. The standard InChI is InChI=1S/C29H28ClN9O2/c1-40-24-6-2-19(3-7-24)17-38(22-4-5-22)28-27-33-16-23(15-32)39(27)36-29(35-28)34-25-13-20(14-31)12-21(26(25)30)18-37-8-10-41-11-9-37/h2-3,6-7,12-13,16,22H,4-5,8-11,17-18H2,1H3,(H,34,36). The number of ether oxygens (including phenoxy) is 2. The van der Waals surface area contributed by atoms with Crippen molar-refractivity contribution in [2.24, 2.45) is 0 Å². The maximum Gasteiger partial charge on any atom is 0.247 e. The summed E-state index contributed by atoms with van der Waals surface area (Å²) in [5, 5.41) is 27.8. The van der Waals surface area contributed by atoms with Gasteiger partial charge in [0.25, 0.3) is 0 Å². The third-order valence-electron chi connectivity index (χ3n) is 7.25. The average molecular weight is 570 g/mol. The number of rotatable bonds is 9. The summed E-state index contributed by atoms with van der Waals surface area (Å²) in [5.41, 5.74) is 3.70. The van der Waals surface area contributed by atoms with E-state index in [1.54, 1.807) is 13.2 Å². The maximum atomic E-state index is 9.76.